The van der Waals surface area contributed by atoms with Crippen molar-refractivity contribution in [3.8, 4) is 0 Å². The quantitative estimate of drug-likeness (QED) is 0.795. The van der Waals surface area contributed by atoms with Crippen molar-refractivity contribution < 1.29 is 4.52 Å². The number of rotatable bonds is 2. The Hall–Kier alpha value is -1.10. The van der Waals surface area contributed by atoms with Gasteiger partial charge in [0.1, 0.15) is 0 Å². The Kier molecular flexibility index (Phi) is 2.90. The molecule has 0 saturated carbocycles. The maximum atomic E-state index is 5.43. The van der Waals surface area contributed by atoms with E-state index < -0.39 is 0 Å². The standard InChI is InChI=1S/C10H18N4O/c1-7(2)14-5-3-8(4-6-14)9-12-10(11)13-15-9/h7-8H,3-6H2,1-2H3,(H2,11,13). The molecule has 5 nitrogen and oxygen atoms in total. The van der Waals surface area contributed by atoms with Crippen molar-refractivity contribution >= 4 is 5.95 Å². The number of hydrogen-bond acceptors (Lipinski definition) is 5. The van der Waals surface area contributed by atoms with Crippen LogP contribution in [0.3, 0.4) is 0 Å². The van der Waals surface area contributed by atoms with Gasteiger partial charge in [-0.1, -0.05) is 0 Å². The second-order valence-corrected chi connectivity index (χ2v) is 4.39. The molecule has 0 aromatic carbocycles. The van der Waals surface area contributed by atoms with Crippen LogP contribution in [0.15, 0.2) is 4.52 Å². The predicted octanol–water partition coefficient (Wildman–Crippen LogP) is 1.24. The Morgan fingerprint density at radius 1 is 1.40 bits per heavy atom. The van der Waals surface area contributed by atoms with E-state index in [-0.39, 0.29) is 5.95 Å². The van der Waals surface area contributed by atoms with Crippen molar-refractivity contribution in [1.29, 1.82) is 0 Å². The normalized spacial score (nSPS) is 19.9. The van der Waals surface area contributed by atoms with Gasteiger partial charge in [0.05, 0.1) is 0 Å². The highest BCUT2D eigenvalue weighted by Crippen LogP contribution is 2.27. The van der Waals surface area contributed by atoms with E-state index in [1.807, 2.05) is 0 Å². The van der Waals surface area contributed by atoms with Gasteiger partial charge in [-0.3, -0.25) is 0 Å². The molecule has 1 aromatic heterocycles. The molecule has 2 heterocycles. The molecule has 0 radical (unpaired) electrons. The largest absolute Gasteiger partial charge is 0.365 e. The van der Waals surface area contributed by atoms with Gasteiger partial charge < -0.3 is 15.2 Å². The lowest BCUT2D eigenvalue weighted by molar-refractivity contribution is 0.160. The van der Waals surface area contributed by atoms with Gasteiger partial charge >= 0.3 is 0 Å². The number of nitrogens with two attached hydrogens (primary N) is 1. The lowest BCUT2D eigenvalue weighted by atomic mass is 9.96. The van der Waals surface area contributed by atoms with E-state index in [0.29, 0.717) is 17.9 Å². The van der Waals surface area contributed by atoms with Crippen LogP contribution in [-0.2, 0) is 0 Å². The first-order valence-electron chi connectivity index (χ1n) is 5.50. The molecule has 1 aliphatic rings. The van der Waals surface area contributed by atoms with Crippen molar-refractivity contribution in [3.63, 3.8) is 0 Å². The molecule has 0 bridgehead atoms. The number of likely N-dealkylation sites (tertiary alicyclic amines) is 1. The Labute approximate surface area is 89.6 Å². The van der Waals surface area contributed by atoms with Crippen LogP contribution in [0.4, 0.5) is 5.95 Å². The molecule has 1 fully saturated rings. The van der Waals surface area contributed by atoms with Crippen molar-refractivity contribution in [3.05, 3.63) is 5.89 Å². The van der Waals surface area contributed by atoms with E-state index in [0.717, 1.165) is 25.9 Å². The number of aromatic nitrogens is 2. The topological polar surface area (TPSA) is 68.2 Å². The zero-order valence-corrected chi connectivity index (χ0v) is 9.31. The minimum absolute atomic E-state index is 0.247. The Morgan fingerprint density at radius 3 is 2.53 bits per heavy atom. The third kappa shape index (κ3) is 2.28. The van der Waals surface area contributed by atoms with Crippen LogP contribution in [0.25, 0.3) is 0 Å². The summed E-state index contributed by atoms with van der Waals surface area (Å²) in [5.74, 6) is 1.34. The molecule has 2 rings (SSSR count). The molecule has 5 heteroatoms. The first kappa shape index (κ1) is 10.4. The van der Waals surface area contributed by atoms with E-state index in [9.17, 15) is 0 Å². The van der Waals surface area contributed by atoms with Gasteiger partial charge in [-0.25, -0.2) is 0 Å². The highest BCUT2D eigenvalue weighted by molar-refractivity contribution is 5.12. The monoisotopic (exact) mass is 210 g/mol. The fourth-order valence-corrected chi connectivity index (χ4v) is 2.08. The summed E-state index contributed by atoms with van der Waals surface area (Å²) < 4.78 is 5.09. The van der Waals surface area contributed by atoms with Crippen molar-refractivity contribution in [1.82, 2.24) is 15.0 Å². The molecule has 15 heavy (non-hydrogen) atoms. The molecule has 0 amide bonds. The molecular weight excluding hydrogens is 192 g/mol. The van der Waals surface area contributed by atoms with E-state index in [4.69, 9.17) is 10.3 Å². The fourth-order valence-electron chi connectivity index (χ4n) is 2.08. The van der Waals surface area contributed by atoms with Gasteiger partial charge in [-0.2, -0.15) is 4.98 Å². The minimum atomic E-state index is 0.247. The molecule has 0 unspecified atom stereocenters. The summed E-state index contributed by atoms with van der Waals surface area (Å²) in [6.45, 7) is 6.66. The van der Waals surface area contributed by atoms with Crippen LogP contribution in [0.1, 0.15) is 38.5 Å². The van der Waals surface area contributed by atoms with Crippen molar-refractivity contribution in [2.45, 2.75) is 38.6 Å². The molecular formula is C10H18N4O. The molecule has 1 saturated heterocycles. The van der Waals surface area contributed by atoms with Gasteiger partial charge in [0.25, 0.3) is 5.95 Å². The molecule has 0 spiro atoms. The maximum Gasteiger partial charge on any atom is 0.260 e. The van der Waals surface area contributed by atoms with Gasteiger partial charge in [0, 0.05) is 12.0 Å². The Balaban J connectivity index is 1.93. The van der Waals surface area contributed by atoms with Gasteiger partial charge in [0.2, 0.25) is 5.89 Å². The first-order chi connectivity index (χ1) is 7.16. The Bertz CT molecular complexity index is 315. The van der Waals surface area contributed by atoms with Crippen molar-refractivity contribution in [2.75, 3.05) is 18.8 Å². The summed E-state index contributed by atoms with van der Waals surface area (Å²) in [6, 6.07) is 0.624. The van der Waals surface area contributed by atoms with Gasteiger partial charge in [-0.15, -0.1) is 0 Å². The average molecular weight is 210 g/mol. The van der Waals surface area contributed by atoms with Crippen LogP contribution in [0.2, 0.25) is 0 Å². The zero-order chi connectivity index (χ0) is 10.8. The lowest BCUT2D eigenvalue weighted by Gasteiger charge is -2.33. The summed E-state index contributed by atoms with van der Waals surface area (Å²) in [7, 11) is 0. The summed E-state index contributed by atoms with van der Waals surface area (Å²) in [4.78, 5) is 6.55. The average Bonchev–Trinajstić information content (AvgIpc) is 2.65. The van der Waals surface area contributed by atoms with E-state index in [1.165, 1.54) is 0 Å². The fraction of sp³-hybridized carbons (Fsp3) is 0.800. The number of nitrogens with zero attached hydrogens (tertiary/aromatic N) is 3. The molecule has 1 aliphatic heterocycles. The molecule has 1 aromatic rings. The van der Waals surface area contributed by atoms with Crippen LogP contribution in [0, 0.1) is 0 Å². The summed E-state index contributed by atoms with van der Waals surface area (Å²) >= 11 is 0. The highest BCUT2D eigenvalue weighted by atomic mass is 16.5. The Morgan fingerprint density at radius 2 is 2.07 bits per heavy atom. The van der Waals surface area contributed by atoms with Gasteiger partial charge in [-0.05, 0) is 44.9 Å². The number of anilines is 1. The van der Waals surface area contributed by atoms with Crippen molar-refractivity contribution in [2.24, 2.45) is 0 Å². The number of hydrogen-bond donors (Lipinski definition) is 1. The third-order valence-electron chi connectivity index (χ3n) is 3.07. The summed E-state index contributed by atoms with van der Waals surface area (Å²) in [5, 5.41) is 3.62. The molecule has 0 aliphatic carbocycles. The zero-order valence-electron chi connectivity index (χ0n) is 9.31. The van der Waals surface area contributed by atoms with E-state index >= 15 is 0 Å². The van der Waals surface area contributed by atoms with Crippen LogP contribution in [0.5, 0.6) is 0 Å². The molecule has 0 atom stereocenters. The van der Waals surface area contributed by atoms with E-state index in [1.54, 1.807) is 0 Å². The second-order valence-electron chi connectivity index (χ2n) is 4.39. The van der Waals surface area contributed by atoms with Gasteiger partial charge in [0.15, 0.2) is 0 Å². The molecule has 2 N–H and O–H groups in total. The summed E-state index contributed by atoms with van der Waals surface area (Å²) in [6.07, 6.45) is 2.17. The second kappa shape index (κ2) is 4.18. The smallest absolute Gasteiger partial charge is 0.260 e. The number of nitrogen functional groups attached to an aromatic ring is 1. The predicted molar refractivity (Wildman–Crippen MR) is 57.4 cm³/mol. The molecule has 84 valence electrons. The lowest BCUT2D eigenvalue weighted by Crippen LogP contribution is -2.37. The number of piperidine rings is 1. The van der Waals surface area contributed by atoms with Crippen LogP contribution in [-0.4, -0.2) is 34.2 Å². The third-order valence-corrected chi connectivity index (χ3v) is 3.07. The van der Waals surface area contributed by atoms with Crippen LogP contribution >= 0.6 is 0 Å². The van der Waals surface area contributed by atoms with Crippen LogP contribution < -0.4 is 5.73 Å². The SMILES string of the molecule is CC(C)N1CCC(c2nc(N)no2)CC1. The van der Waals surface area contributed by atoms with E-state index in [2.05, 4.69) is 28.9 Å². The minimum Gasteiger partial charge on any atom is -0.365 e. The summed E-state index contributed by atoms with van der Waals surface area (Å²) in [5.41, 5.74) is 5.43. The highest BCUT2D eigenvalue weighted by Gasteiger charge is 2.25. The first-order valence-corrected chi connectivity index (χ1v) is 5.50. The maximum absolute atomic E-state index is 5.43.